The van der Waals surface area contributed by atoms with Crippen LogP contribution < -0.4 is 11.5 Å². The monoisotopic (exact) mass is 166 g/mol. The van der Waals surface area contributed by atoms with E-state index < -0.39 is 23.0 Å². The van der Waals surface area contributed by atoms with Crippen molar-refractivity contribution in [3.63, 3.8) is 0 Å². The van der Waals surface area contributed by atoms with Crippen molar-refractivity contribution in [2.24, 2.45) is 11.5 Å². The SMILES string of the molecule is NC(=O)C[C@H](N)CS(=O)O. The van der Waals surface area contributed by atoms with Crippen LogP contribution in [0.5, 0.6) is 0 Å². The number of carbonyl (C=O) groups is 1. The van der Waals surface area contributed by atoms with Gasteiger partial charge in [0.1, 0.15) is 0 Å². The van der Waals surface area contributed by atoms with Gasteiger partial charge in [-0.2, -0.15) is 0 Å². The van der Waals surface area contributed by atoms with Crippen LogP contribution in [-0.2, 0) is 15.9 Å². The van der Waals surface area contributed by atoms with Gasteiger partial charge in [0.25, 0.3) is 0 Å². The Bertz CT molecular complexity index is 133. The lowest BCUT2D eigenvalue weighted by atomic mass is 10.2. The summed E-state index contributed by atoms with van der Waals surface area (Å²) in [5.74, 6) is -0.666. The summed E-state index contributed by atoms with van der Waals surface area (Å²) in [6.45, 7) is 0. The fourth-order valence-electron chi connectivity index (χ4n) is 0.500. The van der Waals surface area contributed by atoms with Crippen molar-refractivity contribution < 1.29 is 13.6 Å². The molecule has 2 atom stereocenters. The van der Waals surface area contributed by atoms with Gasteiger partial charge in [0.05, 0.1) is 5.75 Å². The summed E-state index contributed by atoms with van der Waals surface area (Å²) in [6, 6.07) is -0.608. The molecule has 6 heteroatoms. The molecule has 0 aromatic carbocycles. The van der Waals surface area contributed by atoms with Gasteiger partial charge in [-0.25, -0.2) is 4.21 Å². The van der Waals surface area contributed by atoms with E-state index in [0.717, 1.165) is 0 Å². The molecule has 0 radical (unpaired) electrons. The first-order valence-corrected chi connectivity index (χ1v) is 3.91. The summed E-state index contributed by atoms with van der Waals surface area (Å²) in [5, 5.41) is 0. The molecule has 0 aromatic heterocycles. The fraction of sp³-hybridized carbons (Fsp3) is 0.750. The molecule has 1 unspecified atom stereocenters. The number of hydrogen-bond acceptors (Lipinski definition) is 3. The lowest BCUT2D eigenvalue weighted by Crippen LogP contribution is -2.32. The molecule has 0 aliphatic rings. The molecule has 5 N–H and O–H groups in total. The van der Waals surface area contributed by atoms with Gasteiger partial charge < -0.3 is 16.0 Å². The molecule has 10 heavy (non-hydrogen) atoms. The third-order valence-electron chi connectivity index (χ3n) is 0.820. The van der Waals surface area contributed by atoms with Gasteiger partial charge in [0.15, 0.2) is 11.1 Å². The maximum Gasteiger partial charge on any atom is 0.219 e. The number of amides is 1. The Labute approximate surface area is 61.1 Å². The minimum atomic E-state index is -1.94. The second kappa shape index (κ2) is 4.37. The summed E-state index contributed by atoms with van der Waals surface area (Å²) in [4.78, 5) is 10.2. The topological polar surface area (TPSA) is 106 Å². The van der Waals surface area contributed by atoms with Gasteiger partial charge in [-0.15, -0.1) is 0 Å². The van der Waals surface area contributed by atoms with Crippen LogP contribution in [0.4, 0.5) is 0 Å². The summed E-state index contributed by atoms with van der Waals surface area (Å²) >= 11 is -1.94. The number of carbonyl (C=O) groups excluding carboxylic acids is 1. The highest BCUT2D eigenvalue weighted by Gasteiger charge is 2.08. The Balaban J connectivity index is 3.53. The van der Waals surface area contributed by atoms with E-state index in [0.29, 0.717) is 0 Å². The predicted octanol–water partition coefficient (Wildman–Crippen LogP) is -1.59. The molecule has 0 rings (SSSR count). The van der Waals surface area contributed by atoms with Gasteiger partial charge >= 0.3 is 0 Å². The zero-order valence-corrected chi connectivity index (χ0v) is 6.13. The maximum absolute atomic E-state index is 10.2. The number of primary amides is 1. The molecular formula is C4H10N2O3S. The number of hydrogen-bond donors (Lipinski definition) is 3. The van der Waals surface area contributed by atoms with E-state index in [1.807, 2.05) is 0 Å². The maximum atomic E-state index is 10.2. The van der Waals surface area contributed by atoms with Crippen molar-refractivity contribution >= 4 is 17.0 Å². The van der Waals surface area contributed by atoms with Crippen LogP contribution in [0.15, 0.2) is 0 Å². The van der Waals surface area contributed by atoms with E-state index >= 15 is 0 Å². The third-order valence-corrected chi connectivity index (χ3v) is 1.53. The molecular weight excluding hydrogens is 156 g/mol. The van der Waals surface area contributed by atoms with Crippen LogP contribution in [0.1, 0.15) is 6.42 Å². The highest BCUT2D eigenvalue weighted by atomic mass is 32.2. The largest absolute Gasteiger partial charge is 0.370 e. The second-order valence-electron chi connectivity index (χ2n) is 1.92. The molecule has 0 aliphatic heterocycles. The molecule has 0 fully saturated rings. The van der Waals surface area contributed by atoms with Gasteiger partial charge in [-0.05, 0) is 0 Å². The van der Waals surface area contributed by atoms with Crippen molar-refractivity contribution in [2.45, 2.75) is 12.5 Å². The van der Waals surface area contributed by atoms with Gasteiger partial charge in [-0.1, -0.05) is 0 Å². The molecule has 0 spiro atoms. The Morgan fingerprint density at radius 1 is 1.70 bits per heavy atom. The molecule has 0 saturated heterocycles. The summed E-state index contributed by atoms with van der Waals surface area (Å²) in [7, 11) is 0. The van der Waals surface area contributed by atoms with Gasteiger partial charge in [-0.3, -0.25) is 4.79 Å². The zero-order chi connectivity index (χ0) is 8.15. The van der Waals surface area contributed by atoms with Crippen molar-refractivity contribution in [2.75, 3.05) is 5.75 Å². The van der Waals surface area contributed by atoms with Crippen LogP contribution in [0.25, 0.3) is 0 Å². The average molecular weight is 166 g/mol. The van der Waals surface area contributed by atoms with E-state index in [9.17, 15) is 9.00 Å². The molecule has 0 bridgehead atoms. The molecule has 0 heterocycles. The lowest BCUT2D eigenvalue weighted by molar-refractivity contribution is -0.118. The normalized spacial score (nSPS) is 16.2. The first-order valence-electron chi connectivity index (χ1n) is 2.63. The minimum absolute atomic E-state index is 0.0493. The van der Waals surface area contributed by atoms with E-state index in [1.54, 1.807) is 0 Å². The smallest absolute Gasteiger partial charge is 0.219 e. The van der Waals surface area contributed by atoms with Crippen LogP contribution in [0.3, 0.4) is 0 Å². The van der Waals surface area contributed by atoms with Crippen LogP contribution >= 0.6 is 0 Å². The van der Waals surface area contributed by atoms with Crippen molar-refractivity contribution in [3.8, 4) is 0 Å². The zero-order valence-electron chi connectivity index (χ0n) is 5.32. The third kappa shape index (κ3) is 5.67. The lowest BCUT2D eigenvalue weighted by Gasteiger charge is -2.04. The average Bonchev–Trinajstić information content (AvgIpc) is 1.58. The van der Waals surface area contributed by atoms with Crippen molar-refractivity contribution in [1.82, 2.24) is 0 Å². The Hall–Kier alpha value is -0.460. The first kappa shape index (κ1) is 9.54. The predicted molar refractivity (Wildman–Crippen MR) is 37.4 cm³/mol. The summed E-state index contributed by atoms with van der Waals surface area (Å²) < 4.78 is 18.3. The molecule has 0 aliphatic carbocycles. The highest BCUT2D eigenvalue weighted by molar-refractivity contribution is 7.79. The Morgan fingerprint density at radius 3 is 2.50 bits per heavy atom. The second-order valence-corrected chi connectivity index (χ2v) is 2.89. The minimum Gasteiger partial charge on any atom is -0.370 e. The van der Waals surface area contributed by atoms with Gasteiger partial charge in [0.2, 0.25) is 5.91 Å². The molecule has 60 valence electrons. The number of rotatable bonds is 4. The standard InChI is InChI=1S/C4H10N2O3S/c5-3(1-4(6)7)2-10(8)9/h3H,1-2,5H2,(H2,6,7)(H,8,9)/t3-/m0/s1. The molecule has 0 aromatic rings. The molecule has 5 nitrogen and oxygen atoms in total. The Kier molecular flexibility index (Phi) is 4.17. The molecule has 1 amide bonds. The Morgan fingerprint density at radius 2 is 2.20 bits per heavy atom. The molecule has 0 saturated carbocycles. The van der Waals surface area contributed by atoms with Crippen LogP contribution in [-0.4, -0.2) is 26.5 Å². The van der Waals surface area contributed by atoms with E-state index in [4.69, 9.17) is 16.0 Å². The van der Waals surface area contributed by atoms with E-state index in [2.05, 4.69) is 0 Å². The highest BCUT2D eigenvalue weighted by Crippen LogP contribution is 1.88. The van der Waals surface area contributed by atoms with E-state index in [-0.39, 0.29) is 12.2 Å². The van der Waals surface area contributed by atoms with Crippen molar-refractivity contribution in [3.05, 3.63) is 0 Å². The van der Waals surface area contributed by atoms with E-state index in [1.165, 1.54) is 0 Å². The summed E-state index contributed by atoms with van der Waals surface area (Å²) in [5.41, 5.74) is 9.99. The first-order chi connectivity index (χ1) is 4.52. The summed E-state index contributed by atoms with van der Waals surface area (Å²) in [6.07, 6.45) is -0.0493. The van der Waals surface area contributed by atoms with Gasteiger partial charge in [0, 0.05) is 12.5 Å². The quantitative estimate of drug-likeness (QED) is 0.438. The van der Waals surface area contributed by atoms with Crippen LogP contribution in [0, 0.1) is 0 Å². The fourth-order valence-corrected chi connectivity index (χ4v) is 0.985. The van der Waals surface area contributed by atoms with Crippen molar-refractivity contribution in [1.29, 1.82) is 0 Å². The number of nitrogens with two attached hydrogens (primary N) is 2. The van der Waals surface area contributed by atoms with Crippen LogP contribution in [0.2, 0.25) is 0 Å².